The second-order valence-electron chi connectivity index (χ2n) is 21.9. The van der Waals surface area contributed by atoms with Gasteiger partial charge in [0, 0.05) is 61.0 Å². The molecule has 4 aromatic rings. The lowest BCUT2D eigenvalue weighted by Crippen LogP contribution is -2.60. The molecule has 1 heterocycles. The van der Waals surface area contributed by atoms with E-state index in [2.05, 4.69) is 36.9 Å². The highest BCUT2D eigenvalue weighted by atomic mass is 16.5. The molecule has 6 atom stereocenters. The number of fused-ring (bicyclic) bond motifs is 4. The molecule has 0 saturated heterocycles. The Kier molecular flexibility index (Phi) is 21.5. The number of rotatable bonds is 28. The molecular weight excluding hydrogens is 1040 g/mol. The Balaban J connectivity index is 1.21. The Morgan fingerprint density at radius 2 is 1.33 bits per heavy atom. The number of carboxylic acid groups (broad SMARTS) is 1. The molecule has 0 spiro atoms. The predicted octanol–water partition coefficient (Wildman–Crippen LogP) is 4.28. The summed E-state index contributed by atoms with van der Waals surface area (Å²) >= 11 is 0. The van der Waals surface area contributed by atoms with Crippen molar-refractivity contribution in [3.63, 3.8) is 0 Å². The largest absolute Gasteiger partial charge is 0.511 e. The number of para-hydroxylation sites is 1. The number of nitrogens with zero attached hydrogens (tertiary/aromatic N) is 1. The van der Waals surface area contributed by atoms with E-state index in [-0.39, 0.29) is 79.9 Å². The van der Waals surface area contributed by atoms with Gasteiger partial charge in [0.25, 0.3) is 0 Å². The summed E-state index contributed by atoms with van der Waals surface area (Å²) in [7, 11) is 0. The number of Topliss-reactive ketones (excluding diaryl/α,β-unsaturated/α-hetero) is 1. The lowest BCUT2D eigenvalue weighted by molar-refractivity contribution is -0.139. The topological polar surface area (TPSA) is 350 Å². The molecular formula is C59H75N9O13. The van der Waals surface area contributed by atoms with Gasteiger partial charge in [-0.15, -0.1) is 0 Å². The van der Waals surface area contributed by atoms with Crippen LogP contribution in [0.5, 0.6) is 0 Å². The molecule has 0 radical (unpaired) electrons. The van der Waals surface area contributed by atoms with Gasteiger partial charge < -0.3 is 62.7 Å². The smallest absolute Gasteiger partial charge is 0.407 e. The van der Waals surface area contributed by atoms with Gasteiger partial charge in [0.05, 0.1) is 12.2 Å². The van der Waals surface area contributed by atoms with E-state index in [0.29, 0.717) is 18.4 Å². The normalized spacial score (nSPS) is 16.2. The number of ketones is 1. The molecule has 1 aromatic heterocycles. The highest BCUT2D eigenvalue weighted by molar-refractivity contribution is 6.22. The Morgan fingerprint density at radius 3 is 1.96 bits per heavy atom. The fourth-order valence-corrected chi connectivity index (χ4v) is 10.2. The Morgan fingerprint density at radius 1 is 0.753 bits per heavy atom. The minimum atomic E-state index is -1.64. The number of nitrogens with one attached hydrogen (secondary N) is 7. The number of alkyl carbamates (subject to hydrolysis) is 1. The quantitative estimate of drug-likeness (QED) is 0.0280. The fraction of sp³-hybridized carbons (Fsp3) is 0.458. The first-order chi connectivity index (χ1) is 38.5. The molecule has 2 aliphatic carbocycles. The van der Waals surface area contributed by atoms with Crippen molar-refractivity contribution in [3.8, 4) is 11.1 Å². The van der Waals surface area contributed by atoms with Gasteiger partial charge in [-0.3, -0.25) is 43.3 Å². The van der Waals surface area contributed by atoms with Crippen LogP contribution in [0.2, 0.25) is 0 Å². The van der Waals surface area contributed by atoms with Crippen molar-refractivity contribution in [2.24, 2.45) is 22.1 Å². The number of H-pyrrole nitrogens is 1. The summed E-state index contributed by atoms with van der Waals surface area (Å²) < 4.78 is 5.72. The molecule has 22 nitrogen and oxygen atoms in total. The van der Waals surface area contributed by atoms with Crippen LogP contribution in [0.15, 0.2) is 95.3 Å². The zero-order valence-corrected chi connectivity index (χ0v) is 46.6. The standard InChI is InChI=1S/C59H75N9O13/c1-32(2)25-45(55(77)65-44(22-23-50(72)73)54(76)68-47(30-69)57(79)64-34(4)52(60)74)66-56(78)46(26-35-29-62-42-20-12-11-15-36(35)42)67-53(75)43(63-33(3)51-48(70)27-59(5,6)28-49(51)71)21-13-14-24-61-58(80)81-31-41-39-18-9-7-16-37(39)38-17-8-10-19-40(38)41/h7-12,15-20,29,32,34,41,43-47,62,69-70H,13-14,21-28,30-31H2,1-6H3,(H2,60,74)(H,61,80)(H,64,79)(H,65,77)(H,66,78)(H,67,75)(H,68,76)(H,72,73)/t34-,43-,44-,45-,46-,47-/m0/s1. The van der Waals surface area contributed by atoms with E-state index in [4.69, 9.17) is 15.5 Å². The number of allylic oxidation sites excluding steroid dienone is 2. The van der Waals surface area contributed by atoms with Crippen LogP contribution in [0.25, 0.3) is 22.0 Å². The summed E-state index contributed by atoms with van der Waals surface area (Å²) in [4.78, 5) is 128. The molecule has 6 rings (SSSR count). The first-order valence-electron chi connectivity index (χ1n) is 27.2. The van der Waals surface area contributed by atoms with Crippen LogP contribution in [0.4, 0.5) is 4.79 Å². The fourth-order valence-electron chi connectivity index (χ4n) is 10.2. The second-order valence-corrected chi connectivity index (χ2v) is 21.9. The number of primary amides is 1. The van der Waals surface area contributed by atoms with Crippen LogP contribution >= 0.6 is 0 Å². The van der Waals surface area contributed by atoms with Crippen LogP contribution in [-0.2, 0) is 49.5 Å². The third kappa shape index (κ3) is 16.8. The van der Waals surface area contributed by atoms with E-state index in [1.807, 2.05) is 80.6 Å². The zero-order valence-electron chi connectivity index (χ0n) is 46.6. The minimum Gasteiger partial charge on any atom is -0.511 e. The number of ether oxygens (including phenoxy) is 1. The van der Waals surface area contributed by atoms with Crippen molar-refractivity contribution in [3.05, 3.63) is 107 Å². The van der Waals surface area contributed by atoms with E-state index in [1.54, 1.807) is 26.1 Å². The molecule has 12 N–H and O–H groups in total. The molecule has 0 aliphatic heterocycles. The molecule has 434 valence electrons. The summed E-state index contributed by atoms with van der Waals surface area (Å²) in [5.41, 5.74) is 10.5. The Bertz CT molecular complexity index is 3010. The van der Waals surface area contributed by atoms with Gasteiger partial charge in [-0.05, 0) is 91.2 Å². The van der Waals surface area contributed by atoms with Gasteiger partial charge in [0.15, 0.2) is 5.78 Å². The molecule has 0 fully saturated rings. The van der Waals surface area contributed by atoms with E-state index in [1.165, 1.54) is 13.8 Å². The highest BCUT2D eigenvalue weighted by Gasteiger charge is 2.37. The van der Waals surface area contributed by atoms with Crippen molar-refractivity contribution in [1.82, 2.24) is 36.9 Å². The maximum atomic E-state index is 14.8. The summed E-state index contributed by atoms with van der Waals surface area (Å²) in [5.74, 6) is -7.63. The summed E-state index contributed by atoms with van der Waals surface area (Å²) in [6.45, 7) is 9.40. The van der Waals surface area contributed by atoms with Gasteiger partial charge in [-0.2, -0.15) is 0 Å². The average molecular weight is 1120 g/mol. The van der Waals surface area contributed by atoms with Crippen molar-refractivity contribution >= 4 is 69.9 Å². The van der Waals surface area contributed by atoms with Crippen LogP contribution < -0.4 is 37.6 Å². The molecule has 81 heavy (non-hydrogen) atoms. The number of aliphatic hydroxyl groups excluding tert-OH is 2. The number of carbonyl (C=O) groups excluding carboxylic acids is 8. The zero-order chi connectivity index (χ0) is 59.1. The molecule has 22 heteroatoms. The van der Waals surface area contributed by atoms with Gasteiger partial charge in [-0.25, -0.2) is 4.79 Å². The number of aliphatic carboxylic acids is 1. The maximum Gasteiger partial charge on any atom is 0.407 e. The number of amides is 7. The van der Waals surface area contributed by atoms with Crippen molar-refractivity contribution in [2.45, 2.75) is 141 Å². The number of nitrogens with two attached hydrogens (primary N) is 1. The van der Waals surface area contributed by atoms with Crippen molar-refractivity contribution < 1.29 is 63.2 Å². The number of aromatic amines is 1. The second kappa shape index (κ2) is 28.1. The van der Waals surface area contributed by atoms with Crippen LogP contribution in [0.1, 0.15) is 116 Å². The Hall–Kier alpha value is -8.40. The lowest BCUT2D eigenvalue weighted by Gasteiger charge is -2.30. The first-order valence-corrected chi connectivity index (χ1v) is 27.2. The van der Waals surface area contributed by atoms with Crippen molar-refractivity contribution in [2.75, 3.05) is 19.8 Å². The predicted molar refractivity (Wildman–Crippen MR) is 301 cm³/mol. The monoisotopic (exact) mass is 1120 g/mol. The van der Waals surface area contributed by atoms with Gasteiger partial charge in [-0.1, -0.05) is 94.4 Å². The first kappa shape index (κ1) is 61.8. The number of benzene rings is 3. The minimum absolute atomic E-state index is 0.00263. The number of aromatic nitrogens is 1. The van der Waals surface area contributed by atoms with E-state index < -0.39 is 109 Å². The number of unbranched alkanes of at least 4 members (excludes halogenated alkanes) is 1. The van der Waals surface area contributed by atoms with Gasteiger partial charge in [0.1, 0.15) is 48.6 Å². The number of carbonyl (C=O) groups is 9. The number of hydrogen-bond donors (Lipinski definition) is 11. The van der Waals surface area contributed by atoms with Gasteiger partial charge >= 0.3 is 12.1 Å². The van der Waals surface area contributed by atoms with Crippen LogP contribution in [0, 0.1) is 11.3 Å². The van der Waals surface area contributed by atoms with E-state index in [9.17, 15) is 58.5 Å². The summed E-state index contributed by atoms with van der Waals surface area (Å²) in [6, 6.07) is 14.8. The number of aliphatic imine (C=N–C) groups is 1. The average Bonchev–Trinajstić information content (AvgIpc) is 3.96. The number of hydrogen-bond acceptors (Lipinski definition) is 13. The molecule has 0 unspecified atom stereocenters. The maximum absolute atomic E-state index is 14.8. The van der Waals surface area contributed by atoms with Crippen molar-refractivity contribution in [1.29, 1.82) is 0 Å². The number of aliphatic hydroxyl groups is 2. The third-order valence-electron chi connectivity index (χ3n) is 14.3. The molecule has 3 aromatic carbocycles. The lowest BCUT2D eigenvalue weighted by atomic mass is 9.75. The van der Waals surface area contributed by atoms with Gasteiger partial charge in [0.2, 0.25) is 35.4 Å². The molecule has 0 bridgehead atoms. The highest BCUT2D eigenvalue weighted by Crippen LogP contribution is 2.44. The Labute approximate surface area is 469 Å². The van der Waals surface area contributed by atoms with E-state index in [0.717, 1.165) is 33.2 Å². The molecule has 2 aliphatic rings. The summed E-state index contributed by atoms with van der Waals surface area (Å²) in [5, 5.41) is 46.8. The summed E-state index contributed by atoms with van der Waals surface area (Å²) in [6.07, 6.45) is 0.906. The molecule has 0 saturated carbocycles. The van der Waals surface area contributed by atoms with Crippen LogP contribution in [0.3, 0.4) is 0 Å². The molecule has 7 amide bonds. The number of carboxylic acids is 1. The van der Waals surface area contributed by atoms with Crippen LogP contribution in [-0.4, -0.2) is 135 Å². The third-order valence-corrected chi connectivity index (χ3v) is 14.3. The SMILES string of the molecule is CC(=N[C@@H](CCCCNC(=O)OCC1c2ccccc2-c2ccccc21)C(=O)N[C@@H](Cc1c[nH]c2ccccc12)C(=O)N[C@@H](CC(C)C)C(=O)N[C@@H](CCC(=O)O)C(=O)N[C@@H](CO)C(=O)N[C@@H](C)C(N)=O)C1=C(O)CC(C)(C)CC1=O. The van der Waals surface area contributed by atoms with E-state index >= 15 is 0 Å².